The van der Waals surface area contributed by atoms with Crippen molar-refractivity contribution in [3.8, 4) is 0 Å². The SMILES string of the molecule is CC(C)COC(C)c1noc(CN2CCNCC2c2cccnc2)n1. The second kappa shape index (κ2) is 8.51. The normalized spacial score (nSPS) is 20.1. The number of hydrogen-bond donors (Lipinski definition) is 1. The minimum absolute atomic E-state index is 0.156. The number of nitrogens with one attached hydrogen (secondary N) is 1. The Labute approximate surface area is 148 Å². The highest BCUT2D eigenvalue weighted by atomic mass is 16.5. The second-order valence-electron chi connectivity index (χ2n) is 6.89. The molecule has 2 unspecified atom stereocenters. The molecule has 25 heavy (non-hydrogen) atoms. The zero-order valence-electron chi connectivity index (χ0n) is 15.2. The standard InChI is InChI=1S/C18H27N5O2/c1-13(2)12-24-14(3)18-21-17(25-22-18)11-23-8-7-20-10-16(23)15-5-4-6-19-9-15/h4-6,9,13-14,16,20H,7-8,10-12H2,1-3H3. The third-order valence-electron chi connectivity index (χ3n) is 4.29. The molecule has 0 aliphatic carbocycles. The Morgan fingerprint density at radius 2 is 2.28 bits per heavy atom. The number of rotatable bonds is 7. The molecule has 0 radical (unpaired) electrons. The van der Waals surface area contributed by atoms with Crippen LogP contribution in [0, 0.1) is 5.92 Å². The van der Waals surface area contributed by atoms with E-state index in [9.17, 15) is 0 Å². The molecule has 3 heterocycles. The van der Waals surface area contributed by atoms with Crippen molar-refractivity contribution in [3.05, 3.63) is 41.8 Å². The summed E-state index contributed by atoms with van der Waals surface area (Å²) in [6.45, 7) is 10.3. The van der Waals surface area contributed by atoms with Gasteiger partial charge in [-0.05, 0) is 24.5 Å². The lowest BCUT2D eigenvalue weighted by molar-refractivity contribution is 0.0402. The van der Waals surface area contributed by atoms with E-state index in [1.165, 1.54) is 5.56 Å². The summed E-state index contributed by atoms with van der Waals surface area (Å²) < 4.78 is 11.2. The van der Waals surface area contributed by atoms with Gasteiger partial charge >= 0.3 is 0 Å². The highest BCUT2D eigenvalue weighted by Gasteiger charge is 2.26. The number of aromatic nitrogens is 3. The summed E-state index contributed by atoms with van der Waals surface area (Å²) >= 11 is 0. The van der Waals surface area contributed by atoms with E-state index in [1.807, 2.05) is 19.2 Å². The van der Waals surface area contributed by atoms with E-state index in [0.717, 1.165) is 19.6 Å². The van der Waals surface area contributed by atoms with Crippen LogP contribution < -0.4 is 5.32 Å². The number of ether oxygens (including phenoxy) is 1. The maximum absolute atomic E-state index is 5.77. The summed E-state index contributed by atoms with van der Waals surface area (Å²) in [5.74, 6) is 1.73. The third kappa shape index (κ3) is 4.84. The molecule has 2 aromatic heterocycles. The van der Waals surface area contributed by atoms with Crippen molar-refractivity contribution in [2.75, 3.05) is 26.2 Å². The maximum Gasteiger partial charge on any atom is 0.240 e. The lowest BCUT2D eigenvalue weighted by Gasteiger charge is -2.35. The van der Waals surface area contributed by atoms with Gasteiger partial charge in [-0.15, -0.1) is 0 Å². The van der Waals surface area contributed by atoms with E-state index >= 15 is 0 Å². The quantitative estimate of drug-likeness (QED) is 0.825. The number of pyridine rings is 1. The Bertz CT molecular complexity index is 646. The van der Waals surface area contributed by atoms with Crippen molar-refractivity contribution >= 4 is 0 Å². The Kier molecular flexibility index (Phi) is 6.12. The molecule has 136 valence electrons. The molecule has 2 atom stereocenters. The Balaban J connectivity index is 1.64. The zero-order valence-corrected chi connectivity index (χ0v) is 15.2. The first kappa shape index (κ1) is 18.0. The van der Waals surface area contributed by atoms with Gasteiger partial charge in [0.15, 0.2) is 5.82 Å². The Morgan fingerprint density at radius 3 is 3.04 bits per heavy atom. The van der Waals surface area contributed by atoms with Gasteiger partial charge in [-0.3, -0.25) is 9.88 Å². The molecule has 0 spiro atoms. The number of piperazine rings is 1. The van der Waals surface area contributed by atoms with Crippen LogP contribution >= 0.6 is 0 Å². The van der Waals surface area contributed by atoms with Crippen LogP contribution in [-0.4, -0.2) is 46.3 Å². The fourth-order valence-corrected chi connectivity index (χ4v) is 2.92. The molecule has 1 aliphatic heterocycles. The smallest absolute Gasteiger partial charge is 0.240 e. The van der Waals surface area contributed by atoms with Crippen LogP contribution in [0.3, 0.4) is 0 Å². The van der Waals surface area contributed by atoms with Crippen molar-refractivity contribution in [1.82, 2.24) is 25.3 Å². The van der Waals surface area contributed by atoms with Crippen LogP contribution in [0.1, 0.15) is 50.2 Å². The molecule has 1 fully saturated rings. The van der Waals surface area contributed by atoms with Gasteiger partial charge in [0.2, 0.25) is 5.89 Å². The summed E-state index contributed by atoms with van der Waals surface area (Å²) in [6.07, 6.45) is 3.57. The summed E-state index contributed by atoms with van der Waals surface area (Å²) in [4.78, 5) is 11.1. The van der Waals surface area contributed by atoms with Gasteiger partial charge in [0.1, 0.15) is 6.10 Å². The maximum atomic E-state index is 5.77. The molecule has 1 saturated heterocycles. The van der Waals surface area contributed by atoms with Crippen LogP contribution in [0.15, 0.2) is 29.0 Å². The first-order valence-electron chi connectivity index (χ1n) is 8.92. The first-order chi connectivity index (χ1) is 12.1. The zero-order chi connectivity index (χ0) is 17.6. The molecule has 0 bridgehead atoms. The van der Waals surface area contributed by atoms with Crippen LogP contribution in [0.25, 0.3) is 0 Å². The van der Waals surface area contributed by atoms with Gasteiger partial charge < -0.3 is 14.6 Å². The topological polar surface area (TPSA) is 76.3 Å². The van der Waals surface area contributed by atoms with E-state index in [2.05, 4.69) is 45.3 Å². The predicted octanol–water partition coefficient (Wildman–Crippen LogP) is 2.34. The minimum Gasteiger partial charge on any atom is -0.370 e. The van der Waals surface area contributed by atoms with Gasteiger partial charge in [-0.25, -0.2) is 0 Å². The van der Waals surface area contributed by atoms with Crippen molar-refractivity contribution in [2.45, 2.75) is 39.5 Å². The summed E-state index contributed by atoms with van der Waals surface area (Å²) in [6, 6.07) is 4.34. The molecular formula is C18H27N5O2. The minimum atomic E-state index is -0.156. The summed E-state index contributed by atoms with van der Waals surface area (Å²) in [5, 5.41) is 7.54. The lowest BCUT2D eigenvalue weighted by Crippen LogP contribution is -2.45. The Hall–Kier alpha value is -1.83. The van der Waals surface area contributed by atoms with E-state index in [4.69, 9.17) is 9.26 Å². The molecule has 1 N–H and O–H groups in total. The van der Waals surface area contributed by atoms with Crippen LogP contribution in [0.5, 0.6) is 0 Å². The molecule has 2 aromatic rings. The van der Waals surface area contributed by atoms with Crippen LogP contribution in [0.4, 0.5) is 0 Å². The Morgan fingerprint density at radius 1 is 1.40 bits per heavy atom. The van der Waals surface area contributed by atoms with E-state index in [1.54, 1.807) is 6.20 Å². The molecule has 7 heteroatoms. The average molecular weight is 345 g/mol. The van der Waals surface area contributed by atoms with Gasteiger partial charge in [0, 0.05) is 44.7 Å². The fraction of sp³-hybridized carbons (Fsp3) is 0.611. The molecule has 3 rings (SSSR count). The summed E-state index contributed by atoms with van der Waals surface area (Å²) in [7, 11) is 0. The molecule has 0 aromatic carbocycles. The van der Waals surface area contributed by atoms with Gasteiger partial charge in [-0.2, -0.15) is 4.98 Å². The van der Waals surface area contributed by atoms with Crippen LogP contribution in [-0.2, 0) is 11.3 Å². The largest absolute Gasteiger partial charge is 0.370 e. The summed E-state index contributed by atoms with van der Waals surface area (Å²) in [5.41, 5.74) is 1.20. The molecule has 0 amide bonds. The molecule has 0 saturated carbocycles. The number of nitrogens with zero attached hydrogens (tertiary/aromatic N) is 4. The van der Waals surface area contributed by atoms with E-state index < -0.39 is 0 Å². The van der Waals surface area contributed by atoms with E-state index in [-0.39, 0.29) is 12.1 Å². The van der Waals surface area contributed by atoms with Crippen molar-refractivity contribution in [1.29, 1.82) is 0 Å². The molecular weight excluding hydrogens is 318 g/mol. The third-order valence-corrected chi connectivity index (χ3v) is 4.29. The second-order valence-corrected chi connectivity index (χ2v) is 6.89. The first-order valence-corrected chi connectivity index (χ1v) is 8.92. The van der Waals surface area contributed by atoms with Crippen molar-refractivity contribution < 1.29 is 9.26 Å². The molecule has 7 nitrogen and oxygen atoms in total. The van der Waals surface area contributed by atoms with Crippen molar-refractivity contribution in [3.63, 3.8) is 0 Å². The average Bonchev–Trinajstić information content (AvgIpc) is 3.09. The monoisotopic (exact) mass is 345 g/mol. The van der Waals surface area contributed by atoms with Crippen LogP contribution in [0.2, 0.25) is 0 Å². The lowest BCUT2D eigenvalue weighted by atomic mass is 10.1. The highest BCUT2D eigenvalue weighted by Crippen LogP contribution is 2.23. The molecule has 1 aliphatic rings. The van der Waals surface area contributed by atoms with Gasteiger partial charge in [-0.1, -0.05) is 25.1 Å². The number of hydrogen-bond acceptors (Lipinski definition) is 7. The van der Waals surface area contributed by atoms with Crippen molar-refractivity contribution in [2.24, 2.45) is 5.92 Å². The highest BCUT2D eigenvalue weighted by molar-refractivity contribution is 5.15. The van der Waals surface area contributed by atoms with Gasteiger partial charge in [0.25, 0.3) is 0 Å². The fourth-order valence-electron chi connectivity index (χ4n) is 2.92. The van der Waals surface area contributed by atoms with E-state index in [0.29, 0.717) is 30.8 Å². The predicted molar refractivity (Wildman–Crippen MR) is 93.8 cm³/mol. The van der Waals surface area contributed by atoms with Gasteiger partial charge in [0.05, 0.1) is 6.54 Å².